The van der Waals surface area contributed by atoms with Crippen molar-refractivity contribution in [2.24, 2.45) is 0 Å². The third kappa shape index (κ3) is 2.42. The summed E-state index contributed by atoms with van der Waals surface area (Å²) in [6.45, 7) is 0. The highest BCUT2D eigenvalue weighted by atomic mass is 32.2. The van der Waals surface area contributed by atoms with Crippen molar-refractivity contribution in [1.29, 1.82) is 0 Å². The number of benzene rings is 1. The summed E-state index contributed by atoms with van der Waals surface area (Å²) in [6, 6.07) is 10.4. The minimum Gasteiger partial charge on any atom is -0.307 e. The van der Waals surface area contributed by atoms with Crippen LogP contribution in [0.3, 0.4) is 0 Å². The van der Waals surface area contributed by atoms with Gasteiger partial charge in [0.15, 0.2) is 9.84 Å². The van der Waals surface area contributed by atoms with Gasteiger partial charge < -0.3 is 4.40 Å². The number of nitrogens with zero attached hydrogens (tertiary/aromatic N) is 2. The average Bonchev–Trinajstić information content (AvgIpc) is 2.80. The van der Waals surface area contributed by atoms with Crippen molar-refractivity contribution in [2.75, 3.05) is 0 Å². The van der Waals surface area contributed by atoms with E-state index in [1.54, 1.807) is 22.9 Å². The first-order valence-corrected chi connectivity index (χ1v) is 7.61. The Labute approximate surface area is 115 Å². The molecule has 0 unspecified atom stereocenters. The second kappa shape index (κ2) is 4.72. The number of sulfone groups is 1. The molecule has 4 nitrogen and oxygen atoms in total. The van der Waals surface area contributed by atoms with E-state index in [9.17, 15) is 12.8 Å². The van der Waals surface area contributed by atoms with Crippen LogP contribution in [0.5, 0.6) is 0 Å². The molecule has 0 spiro atoms. The Hall–Kier alpha value is -2.21. The maximum atomic E-state index is 13.1. The molecule has 3 aromatic rings. The van der Waals surface area contributed by atoms with E-state index in [4.69, 9.17) is 0 Å². The Morgan fingerprint density at radius 1 is 1.15 bits per heavy atom. The largest absolute Gasteiger partial charge is 0.307 e. The van der Waals surface area contributed by atoms with E-state index in [1.807, 2.05) is 12.1 Å². The highest BCUT2D eigenvalue weighted by Gasteiger charge is 2.17. The van der Waals surface area contributed by atoms with E-state index in [0.29, 0.717) is 11.3 Å². The summed E-state index contributed by atoms with van der Waals surface area (Å²) in [5.41, 5.74) is 1.11. The zero-order valence-corrected chi connectivity index (χ0v) is 11.2. The lowest BCUT2D eigenvalue weighted by Gasteiger charge is -2.02. The Balaban J connectivity index is 1.97. The van der Waals surface area contributed by atoms with Crippen molar-refractivity contribution in [1.82, 2.24) is 9.38 Å². The molecule has 0 N–H and O–H groups in total. The van der Waals surface area contributed by atoms with Gasteiger partial charge in [-0.25, -0.2) is 17.8 Å². The standard InChI is InChI=1S/C14H11FN2O2S/c15-11-4-3-5-13(8-11)20(18,19)10-12-9-17-7-2-1-6-14(17)16-12/h1-9H,10H2. The molecule has 0 amide bonds. The fourth-order valence-electron chi connectivity index (χ4n) is 2.00. The first kappa shape index (κ1) is 12.8. The predicted octanol–water partition coefficient (Wildman–Crippen LogP) is 2.45. The predicted molar refractivity (Wildman–Crippen MR) is 72.5 cm³/mol. The van der Waals surface area contributed by atoms with Gasteiger partial charge in [-0.05, 0) is 30.3 Å². The molecule has 0 saturated carbocycles. The monoisotopic (exact) mass is 290 g/mol. The zero-order chi connectivity index (χ0) is 14.2. The molecule has 0 aliphatic carbocycles. The summed E-state index contributed by atoms with van der Waals surface area (Å²) in [5, 5.41) is 0. The Morgan fingerprint density at radius 3 is 2.75 bits per heavy atom. The first-order valence-electron chi connectivity index (χ1n) is 5.95. The summed E-state index contributed by atoms with van der Waals surface area (Å²) in [4.78, 5) is 4.20. The van der Waals surface area contributed by atoms with Crippen LogP contribution in [0.25, 0.3) is 5.65 Å². The van der Waals surface area contributed by atoms with E-state index >= 15 is 0 Å². The Bertz CT molecular complexity index is 839. The van der Waals surface area contributed by atoms with Crippen LogP contribution >= 0.6 is 0 Å². The second-order valence-corrected chi connectivity index (χ2v) is 6.40. The average molecular weight is 290 g/mol. The highest BCUT2D eigenvalue weighted by molar-refractivity contribution is 7.90. The maximum Gasteiger partial charge on any atom is 0.184 e. The van der Waals surface area contributed by atoms with Crippen LogP contribution in [-0.2, 0) is 15.6 Å². The third-order valence-corrected chi connectivity index (χ3v) is 4.55. The minimum atomic E-state index is -3.60. The van der Waals surface area contributed by atoms with Crippen LogP contribution in [0.15, 0.2) is 59.8 Å². The Kier molecular flexibility index (Phi) is 3.02. The number of halogens is 1. The smallest absolute Gasteiger partial charge is 0.184 e. The van der Waals surface area contributed by atoms with Gasteiger partial charge >= 0.3 is 0 Å². The molecule has 6 heteroatoms. The quantitative estimate of drug-likeness (QED) is 0.744. The molecule has 1 aromatic carbocycles. The molecule has 2 heterocycles. The number of hydrogen-bond acceptors (Lipinski definition) is 3. The second-order valence-electron chi connectivity index (χ2n) is 4.41. The van der Waals surface area contributed by atoms with Crippen molar-refractivity contribution < 1.29 is 12.8 Å². The topological polar surface area (TPSA) is 51.4 Å². The van der Waals surface area contributed by atoms with Gasteiger partial charge in [-0.2, -0.15) is 0 Å². The number of rotatable bonds is 3. The number of hydrogen-bond donors (Lipinski definition) is 0. The Morgan fingerprint density at radius 2 is 2.00 bits per heavy atom. The molecule has 0 bridgehead atoms. The molecule has 0 aliphatic heterocycles. The minimum absolute atomic E-state index is 0.0328. The van der Waals surface area contributed by atoms with Crippen molar-refractivity contribution >= 4 is 15.5 Å². The van der Waals surface area contributed by atoms with E-state index < -0.39 is 15.7 Å². The van der Waals surface area contributed by atoms with Gasteiger partial charge in [-0.3, -0.25) is 0 Å². The molecule has 2 aromatic heterocycles. The summed E-state index contributed by atoms with van der Waals surface area (Å²) < 4.78 is 39.3. The van der Waals surface area contributed by atoms with Gasteiger partial charge in [0.2, 0.25) is 0 Å². The molecule has 0 aliphatic rings. The van der Waals surface area contributed by atoms with Gasteiger partial charge in [0.05, 0.1) is 16.3 Å². The molecule has 102 valence electrons. The van der Waals surface area contributed by atoms with Gasteiger partial charge in [0.1, 0.15) is 11.5 Å². The molecular formula is C14H11FN2O2S. The van der Waals surface area contributed by atoms with Crippen molar-refractivity contribution in [2.45, 2.75) is 10.6 Å². The normalized spacial score (nSPS) is 11.8. The van der Waals surface area contributed by atoms with Gasteiger partial charge in [-0.1, -0.05) is 12.1 Å². The lowest BCUT2D eigenvalue weighted by molar-refractivity contribution is 0.589. The number of fused-ring (bicyclic) bond motifs is 1. The lowest BCUT2D eigenvalue weighted by atomic mass is 10.4. The number of pyridine rings is 1. The van der Waals surface area contributed by atoms with Gasteiger partial charge in [0, 0.05) is 12.4 Å². The first-order chi connectivity index (χ1) is 9.54. The van der Waals surface area contributed by atoms with Crippen molar-refractivity contribution in [3.63, 3.8) is 0 Å². The van der Waals surface area contributed by atoms with Crippen molar-refractivity contribution in [3.8, 4) is 0 Å². The number of imidazole rings is 1. The maximum absolute atomic E-state index is 13.1. The summed E-state index contributed by atoms with van der Waals surface area (Å²) in [5.74, 6) is -0.820. The molecule has 0 saturated heterocycles. The van der Waals surface area contributed by atoms with Crippen LogP contribution in [-0.4, -0.2) is 17.8 Å². The fourth-order valence-corrected chi connectivity index (χ4v) is 3.27. The van der Waals surface area contributed by atoms with Crippen LogP contribution in [0.4, 0.5) is 4.39 Å². The SMILES string of the molecule is O=S(=O)(Cc1cn2ccccc2n1)c1cccc(F)c1. The lowest BCUT2D eigenvalue weighted by Crippen LogP contribution is -2.05. The van der Waals surface area contributed by atoms with E-state index in [2.05, 4.69) is 4.98 Å². The third-order valence-electron chi connectivity index (χ3n) is 2.91. The zero-order valence-electron chi connectivity index (χ0n) is 10.4. The summed E-state index contributed by atoms with van der Waals surface area (Å²) in [7, 11) is -3.60. The van der Waals surface area contributed by atoms with Crippen molar-refractivity contribution in [3.05, 3.63) is 66.4 Å². The molecule has 3 rings (SSSR count). The fraction of sp³-hybridized carbons (Fsp3) is 0.0714. The van der Waals surface area contributed by atoms with Crippen LogP contribution in [0, 0.1) is 5.82 Å². The highest BCUT2D eigenvalue weighted by Crippen LogP contribution is 2.17. The molecule has 20 heavy (non-hydrogen) atoms. The summed E-state index contributed by atoms with van der Waals surface area (Å²) >= 11 is 0. The van der Waals surface area contributed by atoms with E-state index in [-0.39, 0.29) is 10.6 Å². The van der Waals surface area contributed by atoms with E-state index in [0.717, 1.165) is 6.07 Å². The van der Waals surface area contributed by atoms with Crippen LogP contribution in [0.2, 0.25) is 0 Å². The van der Waals surface area contributed by atoms with Crippen LogP contribution < -0.4 is 0 Å². The van der Waals surface area contributed by atoms with Gasteiger partial charge in [0.25, 0.3) is 0 Å². The van der Waals surface area contributed by atoms with Crippen LogP contribution in [0.1, 0.15) is 5.69 Å². The molecule has 0 radical (unpaired) electrons. The number of aromatic nitrogens is 2. The summed E-state index contributed by atoms with van der Waals surface area (Å²) in [6.07, 6.45) is 3.45. The molecule has 0 fully saturated rings. The molecular weight excluding hydrogens is 279 g/mol. The van der Waals surface area contributed by atoms with Gasteiger partial charge in [-0.15, -0.1) is 0 Å². The van der Waals surface area contributed by atoms with E-state index in [1.165, 1.54) is 18.2 Å². The molecule has 0 atom stereocenters.